The van der Waals surface area contributed by atoms with Crippen LogP contribution in [0.2, 0.25) is 0 Å². The number of hydrogen-bond donors (Lipinski definition) is 0. The van der Waals surface area contributed by atoms with Crippen molar-refractivity contribution in [1.82, 2.24) is 0 Å². The smallest absolute Gasteiger partial charge is 1.00 e. The number of hydrogen-bond acceptors (Lipinski definition) is 2. The molecule has 0 spiro atoms. The van der Waals surface area contributed by atoms with Crippen LogP contribution in [0, 0.1) is 6.92 Å². The van der Waals surface area contributed by atoms with E-state index >= 15 is 0 Å². The molecule has 13 heavy (non-hydrogen) atoms. The summed E-state index contributed by atoms with van der Waals surface area (Å²) in [7, 11) is 3.25. The van der Waals surface area contributed by atoms with Crippen molar-refractivity contribution in [2.75, 3.05) is 14.2 Å². The van der Waals surface area contributed by atoms with E-state index in [0.29, 0.717) is 0 Å². The summed E-state index contributed by atoms with van der Waals surface area (Å²) in [5.74, 6) is 1.58. The van der Waals surface area contributed by atoms with Crippen molar-refractivity contribution in [3.63, 3.8) is 0 Å². The van der Waals surface area contributed by atoms with E-state index in [1.54, 1.807) is 14.2 Å². The summed E-state index contributed by atoms with van der Waals surface area (Å²) < 4.78 is 10.0. The average Bonchev–Trinajstić information content (AvgIpc) is 2.04. The van der Waals surface area contributed by atoms with Gasteiger partial charge in [-0.2, -0.15) is 12.5 Å². The summed E-state index contributed by atoms with van der Waals surface area (Å²) in [6, 6.07) is 5.51. The van der Waals surface area contributed by atoms with Crippen molar-refractivity contribution >= 4 is 0 Å². The third-order valence-electron chi connectivity index (χ3n) is 1.49. The summed E-state index contributed by atoms with van der Waals surface area (Å²) >= 11 is 0. The summed E-state index contributed by atoms with van der Waals surface area (Å²) in [6.45, 7) is 3.79. The molecule has 0 aliphatic rings. The Hall–Kier alpha value is -0.397. The fraction of sp³-hybridized carbons (Fsp3) is 0.222. The maximum atomic E-state index is 5.03. The minimum atomic E-state index is 0. The molecule has 4 heteroatoms. The molecular weight excluding hydrogens is 241 g/mol. The van der Waals surface area contributed by atoms with E-state index in [2.05, 4.69) is 6.92 Å². The van der Waals surface area contributed by atoms with Gasteiger partial charge in [0.1, 0.15) is 0 Å². The molecule has 1 aromatic rings. The van der Waals surface area contributed by atoms with Crippen LogP contribution in [0.5, 0.6) is 11.5 Å². The number of benzene rings is 1. The molecule has 0 unspecified atom stereocenters. The van der Waals surface area contributed by atoms with E-state index in [1.807, 2.05) is 18.2 Å². The molecule has 0 aliphatic heterocycles. The molecular formula is C9H11ClO2Zn. The van der Waals surface area contributed by atoms with Crippen molar-refractivity contribution in [2.24, 2.45) is 0 Å². The normalized spacial score (nSPS) is 7.85. The van der Waals surface area contributed by atoms with E-state index in [9.17, 15) is 0 Å². The largest absolute Gasteiger partial charge is 2.00 e. The predicted octanol–water partition coefficient (Wildman–Crippen LogP) is -1.11. The number of methoxy groups -OCH3 is 2. The summed E-state index contributed by atoms with van der Waals surface area (Å²) in [5, 5.41) is 0. The standard InChI is InChI=1S/C9H11O2.ClH.Zn/c1-7-6-8(10-2)4-5-9(7)11-3;;/h4-6H,1H2,2-3H3;1H;/q-1;;+2/p-1. The van der Waals surface area contributed by atoms with E-state index in [-0.39, 0.29) is 31.9 Å². The molecule has 2 nitrogen and oxygen atoms in total. The summed E-state index contributed by atoms with van der Waals surface area (Å²) in [4.78, 5) is 0. The van der Waals surface area contributed by atoms with Gasteiger partial charge in [-0.05, 0) is 6.07 Å². The number of ether oxygens (including phenoxy) is 2. The Labute approximate surface area is 97.8 Å². The Bertz CT molecular complexity index is 253. The Balaban J connectivity index is 0. The fourth-order valence-corrected chi connectivity index (χ4v) is 0.882. The fourth-order valence-electron chi connectivity index (χ4n) is 0.882. The second-order valence-corrected chi connectivity index (χ2v) is 2.18. The van der Waals surface area contributed by atoms with Crippen LogP contribution in [0.3, 0.4) is 0 Å². The first-order valence-electron chi connectivity index (χ1n) is 3.32. The van der Waals surface area contributed by atoms with Crippen LogP contribution in [-0.2, 0) is 19.5 Å². The number of rotatable bonds is 2. The van der Waals surface area contributed by atoms with Gasteiger partial charge in [-0.15, -0.1) is 6.07 Å². The van der Waals surface area contributed by atoms with Gasteiger partial charge in [-0.1, -0.05) is 6.07 Å². The van der Waals surface area contributed by atoms with Gasteiger partial charge >= 0.3 is 19.5 Å². The van der Waals surface area contributed by atoms with Crippen LogP contribution >= 0.6 is 0 Å². The maximum absolute atomic E-state index is 5.03. The molecule has 0 fully saturated rings. The molecule has 1 aromatic carbocycles. The summed E-state index contributed by atoms with van der Waals surface area (Å²) in [5.41, 5.74) is 0.840. The van der Waals surface area contributed by atoms with E-state index in [4.69, 9.17) is 9.47 Å². The second kappa shape index (κ2) is 7.05. The molecule has 1 rings (SSSR count). The van der Waals surface area contributed by atoms with Gasteiger partial charge in [-0.3, -0.25) is 0 Å². The van der Waals surface area contributed by atoms with Crippen LogP contribution < -0.4 is 21.9 Å². The molecule has 0 bridgehead atoms. The molecule has 0 radical (unpaired) electrons. The minimum absolute atomic E-state index is 0. The van der Waals surface area contributed by atoms with Crippen molar-refractivity contribution in [3.05, 3.63) is 30.7 Å². The van der Waals surface area contributed by atoms with Gasteiger partial charge in [0.25, 0.3) is 0 Å². The Morgan fingerprint density at radius 2 is 1.77 bits per heavy atom. The van der Waals surface area contributed by atoms with Gasteiger partial charge < -0.3 is 21.9 Å². The third kappa shape index (κ3) is 3.88. The Morgan fingerprint density at radius 1 is 1.15 bits per heavy atom. The van der Waals surface area contributed by atoms with Crippen LogP contribution in [0.15, 0.2) is 18.2 Å². The summed E-state index contributed by atoms with van der Waals surface area (Å²) in [6.07, 6.45) is 0. The first-order valence-corrected chi connectivity index (χ1v) is 3.32. The zero-order chi connectivity index (χ0) is 8.27. The second-order valence-electron chi connectivity index (χ2n) is 2.18. The van der Waals surface area contributed by atoms with Crippen LogP contribution in [-0.4, -0.2) is 14.2 Å². The van der Waals surface area contributed by atoms with E-state index in [1.165, 1.54) is 0 Å². The molecule has 0 saturated heterocycles. The van der Waals surface area contributed by atoms with Gasteiger partial charge in [0.05, 0.1) is 20.0 Å². The van der Waals surface area contributed by atoms with Crippen molar-refractivity contribution < 1.29 is 41.4 Å². The zero-order valence-corrected chi connectivity index (χ0v) is 11.6. The molecule has 0 saturated carbocycles. The van der Waals surface area contributed by atoms with Crippen molar-refractivity contribution in [3.8, 4) is 11.5 Å². The van der Waals surface area contributed by atoms with Crippen LogP contribution in [0.4, 0.5) is 0 Å². The van der Waals surface area contributed by atoms with E-state index in [0.717, 1.165) is 17.1 Å². The van der Waals surface area contributed by atoms with Crippen molar-refractivity contribution in [2.45, 2.75) is 0 Å². The molecule has 0 aliphatic carbocycles. The first-order chi connectivity index (χ1) is 5.27. The Kier molecular flexibility index (Phi) is 8.18. The van der Waals surface area contributed by atoms with Gasteiger partial charge in [0.2, 0.25) is 0 Å². The van der Waals surface area contributed by atoms with Gasteiger partial charge in [0.15, 0.2) is 0 Å². The molecule has 0 amide bonds. The first kappa shape index (κ1) is 15.1. The van der Waals surface area contributed by atoms with E-state index < -0.39 is 0 Å². The average molecular weight is 252 g/mol. The Morgan fingerprint density at radius 3 is 2.15 bits per heavy atom. The van der Waals surface area contributed by atoms with Crippen LogP contribution in [0.25, 0.3) is 0 Å². The molecule has 0 atom stereocenters. The third-order valence-corrected chi connectivity index (χ3v) is 1.49. The molecule has 0 heterocycles. The topological polar surface area (TPSA) is 18.5 Å². The monoisotopic (exact) mass is 250 g/mol. The van der Waals surface area contributed by atoms with Gasteiger partial charge in [-0.25, -0.2) is 0 Å². The quantitative estimate of drug-likeness (QED) is 0.490. The SMILES string of the molecule is [CH2-]c1cc(OC)ccc1OC.[Cl-].[Zn+2]. The molecule has 68 valence electrons. The molecule has 0 N–H and O–H groups in total. The van der Waals surface area contributed by atoms with Crippen molar-refractivity contribution in [1.29, 1.82) is 0 Å². The molecule has 0 aromatic heterocycles. The van der Waals surface area contributed by atoms with Crippen LogP contribution in [0.1, 0.15) is 5.56 Å². The predicted molar refractivity (Wildman–Crippen MR) is 44.0 cm³/mol. The maximum Gasteiger partial charge on any atom is 2.00 e. The number of halogens is 1. The minimum Gasteiger partial charge on any atom is -1.00 e. The zero-order valence-electron chi connectivity index (χ0n) is 7.84. The van der Waals surface area contributed by atoms with Gasteiger partial charge in [0, 0.05) is 5.75 Å².